The third-order valence-corrected chi connectivity index (χ3v) is 3.41. The van der Waals surface area contributed by atoms with Crippen molar-refractivity contribution >= 4 is 5.78 Å². The third-order valence-electron chi connectivity index (χ3n) is 3.41. The number of aromatic nitrogens is 1. The second-order valence-electron chi connectivity index (χ2n) is 5.43. The van der Waals surface area contributed by atoms with Crippen molar-refractivity contribution in [3.63, 3.8) is 0 Å². The lowest BCUT2D eigenvalue weighted by molar-refractivity contribution is 0.0979. The molecule has 0 aliphatic heterocycles. The van der Waals surface area contributed by atoms with Gasteiger partial charge in [0.05, 0.1) is 0 Å². The van der Waals surface area contributed by atoms with Gasteiger partial charge in [-0.05, 0) is 32.4 Å². The first kappa shape index (κ1) is 15.9. The van der Waals surface area contributed by atoms with E-state index in [9.17, 15) is 4.79 Å². The van der Waals surface area contributed by atoms with Crippen LogP contribution in [-0.2, 0) is 0 Å². The van der Waals surface area contributed by atoms with Gasteiger partial charge in [-0.25, -0.2) is 0 Å². The molecular formula is C17H27NO. The topological polar surface area (TPSA) is 30.0 Å². The maximum atomic E-state index is 12.1. The summed E-state index contributed by atoms with van der Waals surface area (Å²) in [6.07, 6.45) is 9.43. The summed E-state index contributed by atoms with van der Waals surface area (Å²) < 4.78 is 0. The van der Waals surface area contributed by atoms with Gasteiger partial charge in [0.1, 0.15) is 0 Å². The smallest absolute Gasteiger partial charge is 0.163 e. The molecule has 2 nitrogen and oxygen atoms in total. The maximum Gasteiger partial charge on any atom is 0.163 e. The zero-order valence-electron chi connectivity index (χ0n) is 12.7. The fourth-order valence-electron chi connectivity index (χ4n) is 2.38. The Bertz CT molecular complexity index is 378. The quantitative estimate of drug-likeness (QED) is 0.461. The molecule has 0 atom stereocenters. The average molecular weight is 261 g/mol. The lowest BCUT2D eigenvalue weighted by atomic mass is 10.0. The number of pyridine rings is 1. The molecule has 0 saturated carbocycles. The molecule has 0 bridgehead atoms. The normalized spacial score (nSPS) is 10.7. The van der Waals surface area contributed by atoms with Crippen LogP contribution in [0.5, 0.6) is 0 Å². The highest BCUT2D eigenvalue weighted by Gasteiger charge is 2.07. The van der Waals surface area contributed by atoms with Crippen molar-refractivity contribution in [2.24, 2.45) is 0 Å². The van der Waals surface area contributed by atoms with Gasteiger partial charge >= 0.3 is 0 Å². The Kier molecular flexibility index (Phi) is 7.39. The molecule has 0 amide bonds. The summed E-state index contributed by atoms with van der Waals surface area (Å²) in [7, 11) is 0. The number of hydrogen-bond donors (Lipinski definition) is 0. The van der Waals surface area contributed by atoms with Gasteiger partial charge in [-0.3, -0.25) is 9.78 Å². The molecule has 0 N–H and O–H groups in total. The van der Waals surface area contributed by atoms with Crippen molar-refractivity contribution in [1.29, 1.82) is 0 Å². The summed E-state index contributed by atoms with van der Waals surface area (Å²) in [5.41, 5.74) is 2.70. The molecule has 0 spiro atoms. The van der Waals surface area contributed by atoms with E-state index in [1.54, 1.807) is 0 Å². The molecule has 0 unspecified atom stereocenters. The van der Waals surface area contributed by atoms with Crippen LogP contribution in [0.2, 0.25) is 0 Å². The number of hydrogen-bond acceptors (Lipinski definition) is 2. The van der Waals surface area contributed by atoms with E-state index in [0.29, 0.717) is 6.42 Å². The Morgan fingerprint density at radius 1 is 0.947 bits per heavy atom. The zero-order chi connectivity index (χ0) is 14.1. The molecular weight excluding hydrogens is 234 g/mol. The van der Waals surface area contributed by atoms with Gasteiger partial charge in [-0.15, -0.1) is 0 Å². The van der Waals surface area contributed by atoms with Crippen molar-refractivity contribution in [3.05, 3.63) is 29.1 Å². The maximum absolute atomic E-state index is 12.1. The average Bonchev–Trinajstić information content (AvgIpc) is 2.36. The molecule has 19 heavy (non-hydrogen) atoms. The van der Waals surface area contributed by atoms with Crippen molar-refractivity contribution < 1.29 is 4.79 Å². The number of ketones is 1. The van der Waals surface area contributed by atoms with Crippen LogP contribution in [0.1, 0.15) is 80.0 Å². The lowest BCUT2D eigenvalue weighted by Crippen LogP contribution is -2.01. The summed E-state index contributed by atoms with van der Waals surface area (Å²) in [5.74, 6) is 0.266. The number of Topliss-reactive ketones (excluding diaryl/α,β-unsaturated/α-hetero) is 1. The monoisotopic (exact) mass is 261 g/mol. The predicted octanol–water partition coefficient (Wildman–Crippen LogP) is 5.02. The number of unbranched alkanes of at least 4 members (excludes halogenated alkanes) is 6. The first-order valence-electron chi connectivity index (χ1n) is 7.62. The van der Waals surface area contributed by atoms with E-state index < -0.39 is 0 Å². The highest BCUT2D eigenvalue weighted by Crippen LogP contribution is 2.12. The highest BCUT2D eigenvalue weighted by atomic mass is 16.1. The largest absolute Gasteiger partial charge is 0.294 e. The Labute approximate surface area is 117 Å². The van der Waals surface area contributed by atoms with Gasteiger partial charge in [-0.2, -0.15) is 0 Å². The molecule has 1 aromatic heterocycles. The number of nitrogens with zero attached hydrogens (tertiary/aromatic N) is 1. The van der Waals surface area contributed by atoms with Gasteiger partial charge < -0.3 is 0 Å². The van der Waals surface area contributed by atoms with E-state index in [1.807, 2.05) is 26.0 Å². The van der Waals surface area contributed by atoms with Gasteiger partial charge in [0.25, 0.3) is 0 Å². The minimum atomic E-state index is 0.266. The van der Waals surface area contributed by atoms with Gasteiger partial charge in [0, 0.05) is 23.4 Å². The molecule has 1 rings (SSSR count). The van der Waals surface area contributed by atoms with E-state index in [1.165, 1.54) is 38.5 Å². The number of rotatable bonds is 9. The molecule has 0 aliphatic carbocycles. The van der Waals surface area contributed by atoms with Gasteiger partial charge in [0.15, 0.2) is 5.78 Å². The van der Waals surface area contributed by atoms with Crippen molar-refractivity contribution in [2.45, 2.75) is 72.1 Å². The fraction of sp³-hybridized carbons (Fsp3) is 0.647. The Morgan fingerprint density at radius 2 is 1.47 bits per heavy atom. The molecule has 106 valence electrons. The molecule has 1 heterocycles. The summed E-state index contributed by atoms with van der Waals surface area (Å²) in [6.45, 7) is 6.12. The van der Waals surface area contributed by atoms with E-state index in [-0.39, 0.29) is 5.78 Å². The van der Waals surface area contributed by atoms with Crippen LogP contribution in [-0.4, -0.2) is 10.8 Å². The molecule has 0 fully saturated rings. The van der Waals surface area contributed by atoms with E-state index in [2.05, 4.69) is 11.9 Å². The van der Waals surface area contributed by atoms with E-state index in [0.717, 1.165) is 23.4 Å². The standard InChI is InChI=1S/C17H27NO/c1-4-5-6-7-8-9-10-11-17(19)16-12-14(2)18-15(3)13-16/h12-13H,4-11H2,1-3H3. The van der Waals surface area contributed by atoms with Crippen LogP contribution in [0.25, 0.3) is 0 Å². The Morgan fingerprint density at radius 3 is 2.05 bits per heavy atom. The minimum absolute atomic E-state index is 0.266. The first-order chi connectivity index (χ1) is 9.13. The minimum Gasteiger partial charge on any atom is -0.294 e. The fourth-order valence-corrected chi connectivity index (χ4v) is 2.38. The summed E-state index contributed by atoms with van der Waals surface area (Å²) in [4.78, 5) is 16.4. The molecule has 2 heteroatoms. The number of carbonyl (C=O) groups is 1. The summed E-state index contributed by atoms with van der Waals surface area (Å²) in [5, 5.41) is 0. The lowest BCUT2D eigenvalue weighted by Gasteiger charge is -2.04. The molecule has 0 saturated heterocycles. The second kappa shape index (κ2) is 8.84. The van der Waals surface area contributed by atoms with Crippen LogP contribution in [0, 0.1) is 13.8 Å². The van der Waals surface area contributed by atoms with Crippen LogP contribution in [0.4, 0.5) is 0 Å². The van der Waals surface area contributed by atoms with Crippen LogP contribution >= 0.6 is 0 Å². The zero-order valence-corrected chi connectivity index (χ0v) is 12.7. The number of carbonyl (C=O) groups excluding carboxylic acids is 1. The molecule has 1 aromatic rings. The van der Waals surface area contributed by atoms with Crippen molar-refractivity contribution in [2.75, 3.05) is 0 Å². The molecule has 0 aromatic carbocycles. The first-order valence-corrected chi connectivity index (χ1v) is 7.62. The van der Waals surface area contributed by atoms with E-state index >= 15 is 0 Å². The van der Waals surface area contributed by atoms with Crippen LogP contribution < -0.4 is 0 Å². The van der Waals surface area contributed by atoms with Crippen LogP contribution in [0.3, 0.4) is 0 Å². The molecule has 0 aliphatic rings. The number of aryl methyl sites for hydroxylation is 2. The van der Waals surface area contributed by atoms with Gasteiger partial charge in [0.2, 0.25) is 0 Å². The third kappa shape index (κ3) is 6.51. The predicted molar refractivity (Wildman–Crippen MR) is 80.7 cm³/mol. The highest BCUT2D eigenvalue weighted by molar-refractivity contribution is 5.96. The second-order valence-corrected chi connectivity index (χ2v) is 5.43. The van der Waals surface area contributed by atoms with Gasteiger partial charge in [-0.1, -0.05) is 45.4 Å². The van der Waals surface area contributed by atoms with Crippen molar-refractivity contribution in [3.8, 4) is 0 Å². The van der Waals surface area contributed by atoms with Crippen molar-refractivity contribution in [1.82, 2.24) is 4.98 Å². The SMILES string of the molecule is CCCCCCCCCC(=O)c1cc(C)nc(C)c1. The van der Waals surface area contributed by atoms with E-state index in [4.69, 9.17) is 0 Å². The Hall–Kier alpha value is -1.18. The summed E-state index contributed by atoms with van der Waals surface area (Å²) >= 11 is 0. The molecule has 0 radical (unpaired) electrons. The van der Waals surface area contributed by atoms with Crippen LogP contribution in [0.15, 0.2) is 12.1 Å². The summed E-state index contributed by atoms with van der Waals surface area (Å²) in [6, 6.07) is 3.80. The Balaban J connectivity index is 2.24.